The van der Waals surface area contributed by atoms with E-state index in [2.05, 4.69) is 40.5 Å². The Morgan fingerprint density at radius 2 is 2.25 bits per heavy atom. The van der Waals surface area contributed by atoms with Gasteiger partial charge in [0, 0.05) is 22.5 Å². The highest BCUT2D eigenvalue weighted by molar-refractivity contribution is 8.01. The molecule has 2 aliphatic heterocycles. The van der Waals surface area contributed by atoms with Gasteiger partial charge in [-0.3, -0.25) is 14.5 Å². The molecule has 5 rings (SSSR count). The minimum atomic E-state index is -1.23. The Balaban J connectivity index is 1.32. The van der Waals surface area contributed by atoms with Crippen molar-refractivity contribution in [1.82, 2.24) is 40.2 Å². The zero-order chi connectivity index (χ0) is 25.4. The second kappa shape index (κ2) is 10.0. The number of aromatic amines is 1. The first-order chi connectivity index (χ1) is 17.3. The van der Waals surface area contributed by atoms with E-state index >= 15 is 0 Å². The van der Waals surface area contributed by atoms with Crippen LogP contribution in [0.25, 0.3) is 0 Å². The molecular weight excluding hydrogens is 532 g/mol. The number of rotatable bonds is 10. The van der Waals surface area contributed by atoms with Crippen LogP contribution in [-0.2, 0) is 19.2 Å². The fraction of sp³-hybridized carbons (Fsp3) is 0.500. The lowest BCUT2D eigenvalue weighted by molar-refractivity contribution is -0.150. The molecule has 2 aromatic heterocycles. The highest BCUT2D eigenvalue weighted by atomic mass is 32.2. The normalized spacial score (nSPS) is 22.6. The number of H-pyrrole nitrogens is 1. The number of aliphatic carboxylic acids is 1. The third-order valence-corrected chi connectivity index (χ3v) is 8.50. The molecule has 4 heterocycles. The number of nitrogens with two attached hydrogens (primary N) is 1. The van der Waals surface area contributed by atoms with Gasteiger partial charge >= 0.3 is 5.97 Å². The number of thioether (sulfide) groups is 2. The van der Waals surface area contributed by atoms with Crippen LogP contribution in [0.15, 0.2) is 21.6 Å². The summed E-state index contributed by atoms with van der Waals surface area (Å²) in [6, 6.07) is -0.954. The highest BCUT2D eigenvalue weighted by Crippen LogP contribution is 2.43. The van der Waals surface area contributed by atoms with Crippen molar-refractivity contribution in [3.63, 3.8) is 0 Å². The van der Waals surface area contributed by atoms with Crippen molar-refractivity contribution >= 4 is 63.7 Å². The summed E-state index contributed by atoms with van der Waals surface area (Å²) in [6.07, 6.45) is 2.08. The first-order valence-corrected chi connectivity index (χ1v) is 13.5. The van der Waals surface area contributed by atoms with Gasteiger partial charge in [0.25, 0.3) is 11.8 Å². The lowest BCUT2D eigenvalue weighted by atomic mass is 10.0. The Hall–Kier alpha value is -3.25. The van der Waals surface area contributed by atoms with Crippen LogP contribution in [0, 0.1) is 5.92 Å². The Morgan fingerprint density at radius 1 is 1.44 bits per heavy atom. The molecule has 15 nitrogen and oxygen atoms in total. The van der Waals surface area contributed by atoms with Gasteiger partial charge in [0.2, 0.25) is 16.7 Å². The van der Waals surface area contributed by atoms with Crippen LogP contribution in [-0.4, -0.2) is 92.5 Å². The average Bonchev–Trinajstić information content (AvgIpc) is 3.35. The molecule has 18 heteroatoms. The Bertz CT molecular complexity index is 1240. The minimum Gasteiger partial charge on any atom is -0.477 e. The lowest BCUT2D eigenvalue weighted by Crippen LogP contribution is -2.71. The number of hydrogen-bond acceptors (Lipinski definition) is 14. The zero-order valence-electron chi connectivity index (χ0n) is 18.7. The second-order valence-electron chi connectivity index (χ2n) is 8.14. The molecule has 0 bridgehead atoms. The number of tetrazole rings is 1. The molecule has 1 aliphatic carbocycles. The fourth-order valence-electron chi connectivity index (χ4n) is 3.61. The van der Waals surface area contributed by atoms with Crippen LogP contribution in [0.1, 0.15) is 25.6 Å². The maximum Gasteiger partial charge on any atom is 0.352 e. The number of aromatic nitrogens is 6. The predicted molar refractivity (Wildman–Crippen MR) is 129 cm³/mol. The topological polar surface area (TPSA) is 215 Å². The first kappa shape index (κ1) is 24.4. The van der Waals surface area contributed by atoms with Gasteiger partial charge in [-0.25, -0.2) is 9.89 Å². The van der Waals surface area contributed by atoms with Gasteiger partial charge in [-0.05, 0) is 41.7 Å². The van der Waals surface area contributed by atoms with Crippen LogP contribution in [0.4, 0.5) is 5.13 Å². The number of nitrogens with zero attached hydrogens (tertiary/aromatic N) is 7. The summed E-state index contributed by atoms with van der Waals surface area (Å²) in [5.74, 6) is -1.74. The van der Waals surface area contributed by atoms with Crippen molar-refractivity contribution < 1.29 is 24.3 Å². The third-order valence-electron chi connectivity index (χ3n) is 5.62. The summed E-state index contributed by atoms with van der Waals surface area (Å²) < 4.78 is 4.03. The number of carboxylic acid groups (broad SMARTS) is 1. The molecule has 2 fully saturated rings. The predicted octanol–water partition coefficient (Wildman–Crippen LogP) is -0.317. The fourth-order valence-corrected chi connectivity index (χ4v) is 6.47. The quantitative estimate of drug-likeness (QED) is 0.129. The van der Waals surface area contributed by atoms with Crippen molar-refractivity contribution in [3.8, 4) is 0 Å². The summed E-state index contributed by atoms with van der Waals surface area (Å²) in [4.78, 5) is 48.8. The van der Waals surface area contributed by atoms with Crippen molar-refractivity contribution in [3.05, 3.63) is 17.1 Å². The van der Waals surface area contributed by atoms with Crippen molar-refractivity contribution in [2.75, 3.05) is 18.1 Å². The van der Waals surface area contributed by atoms with E-state index in [4.69, 9.17) is 10.6 Å². The van der Waals surface area contributed by atoms with Crippen LogP contribution < -0.4 is 11.1 Å². The molecule has 0 radical (unpaired) electrons. The van der Waals surface area contributed by atoms with Gasteiger partial charge in [-0.1, -0.05) is 16.9 Å². The van der Waals surface area contributed by atoms with Gasteiger partial charge in [0.1, 0.15) is 23.7 Å². The van der Waals surface area contributed by atoms with Crippen LogP contribution >= 0.6 is 35.1 Å². The lowest BCUT2D eigenvalue weighted by Gasteiger charge is -2.49. The minimum absolute atomic E-state index is 0.00751. The number of amides is 2. The van der Waals surface area contributed by atoms with Gasteiger partial charge in [0.15, 0.2) is 5.13 Å². The number of hydrogen-bond donors (Lipinski definition) is 4. The number of fused-ring (bicyclic) bond motifs is 1. The van der Waals surface area contributed by atoms with Crippen LogP contribution in [0.2, 0.25) is 0 Å². The molecule has 1 saturated heterocycles. The molecular formula is C18H20N10O5S3. The van der Waals surface area contributed by atoms with E-state index in [1.54, 1.807) is 0 Å². The average molecular weight is 553 g/mol. The third kappa shape index (κ3) is 4.87. The van der Waals surface area contributed by atoms with Gasteiger partial charge in [0.05, 0.1) is 0 Å². The Labute approximate surface area is 215 Å². The summed E-state index contributed by atoms with van der Waals surface area (Å²) in [5, 5.41) is 29.6. The molecule has 5 N–H and O–H groups in total. The van der Waals surface area contributed by atoms with Crippen LogP contribution in [0.5, 0.6) is 0 Å². The van der Waals surface area contributed by atoms with E-state index in [0.717, 1.165) is 24.4 Å². The maximum atomic E-state index is 13.1. The van der Waals surface area contributed by atoms with E-state index in [0.29, 0.717) is 29.0 Å². The van der Waals surface area contributed by atoms with E-state index in [1.807, 2.05) is 6.92 Å². The Morgan fingerprint density at radius 3 is 2.89 bits per heavy atom. The smallest absolute Gasteiger partial charge is 0.352 e. The van der Waals surface area contributed by atoms with Crippen LogP contribution in [0.3, 0.4) is 0 Å². The molecule has 3 atom stereocenters. The number of carbonyl (C=O) groups is 3. The molecule has 1 saturated carbocycles. The number of anilines is 1. The molecule has 2 aromatic rings. The number of β-lactam (4-membered cyclic amide) rings is 1. The number of carboxylic acids is 1. The van der Waals surface area contributed by atoms with Crippen molar-refractivity contribution in [2.24, 2.45) is 11.1 Å². The SMILES string of the molecule is CC(Sc1nnn[nH]1)C1=C(C(=O)O)N2C(=O)[C@@H](NC(=O)/C(=N\OCC3CC3)c3nsc(N)n3)[C@H]2SC1. The number of nitrogen functional groups attached to an aromatic ring is 1. The molecule has 190 valence electrons. The first-order valence-electron chi connectivity index (χ1n) is 10.7. The summed E-state index contributed by atoms with van der Waals surface area (Å²) in [7, 11) is 0. The standard InChI is InChI=1S/C18H20N10O5S3/c1-6(35-18-22-26-27-23-18)8-5-34-15-10(14(30)28(15)11(8)16(31)32)20-13(29)9(12-21-17(19)36-25-12)24-33-4-7-2-3-7/h6-7,10,15H,2-5H2,1H3,(H,20,29)(H,31,32)(H2,19,21,25)(H,22,23,26,27)/b24-9-/t6?,10-,15-/m1/s1. The van der Waals surface area contributed by atoms with Crippen molar-refractivity contribution in [2.45, 2.75) is 41.6 Å². The van der Waals surface area contributed by atoms with E-state index in [-0.39, 0.29) is 27.6 Å². The summed E-state index contributed by atoms with van der Waals surface area (Å²) in [5.41, 5.74) is 5.91. The number of oxime groups is 1. The van der Waals surface area contributed by atoms with E-state index < -0.39 is 29.2 Å². The van der Waals surface area contributed by atoms with Gasteiger partial charge < -0.3 is 21.0 Å². The van der Waals surface area contributed by atoms with Gasteiger partial charge in [-0.15, -0.1) is 16.9 Å². The summed E-state index contributed by atoms with van der Waals surface area (Å²) >= 11 is 3.50. The molecule has 0 spiro atoms. The molecule has 2 amide bonds. The maximum absolute atomic E-state index is 13.1. The van der Waals surface area contributed by atoms with E-state index in [9.17, 15) is 19.5 Å². The van der Waals surface area contributed by atoms with Gasteiger partial charge in [-0.2, -0.15) is 9.36 Å². The monoisotopic (exact) mass is 552 g/mol. The number of carbonyl (C=O) groups excluding carboxylic acids is 2. The molecule has 3 aliphatic rings. The second-order valence-corrected chi connectivity index (χ2v) is 11.4. The number of nitrogens with one attached hydrogen (secondary N) is 2. The summed E-state index contributed by atoms with van der Waals surface area (Å²) in [6.45, 7) is 2.17. The largest absolute Gasteiger partial charge is 0.477 e. The highest BCUT2D eigenvalue weighted by Gasteiger charge is 2.55. The molecule has 0 aromatic carbocycles. The molecule has 1 unspecified atom stereocenters. The zero-order valence-corrected chi connectivity index (χ0v) is 21.1. The van der Waals surface area contributed by atoms with E-state index in [1.165, 1.54) is 28.4 Å². The molecule has 36 heavy (non-hydrogen) atoms. The van der Waals surface area contributed by atoms with Crippen molar-refractivity contribution in [1.29, 1.82) is 0 Å². The Kier molecular flexibility index (Phi) is 6.80.